The Morgan fingerprint density at radius 2 is 2.11 bits per heavy atom. The number of anilines is 1. The van der Waals surface area contributed by atoms with E-state index in [0.717, 1.165) is 11.3 Å². The molecule has 1 aromatic carbocycles. The largest absolute Gasteiger partial charge is 0.375 e. The first-order valence-electron chi connectivity index (χ1n) is 5.73. The average Bonchev–Trinajstić information content (AvgIpc) is 2.39. The van der Waals surface area contributed by atoms with Crippen LogP contribution in [0.4, 0.5) is 10.1 Å². The molecule has 0 fully saturated rings. The molecule has 0 saturated carbocycles. The predicted octanol–water partition coefficient (Wildman–Crippen LogP) is 1.87. The highest BCUT2D eigenvalue weighted by atomic mass is 35.5. The van der Waals surface area contributed by atoms with Crippen LogP contribution in [0.2, 0.25) is 0 Å². The normalized spacial score (nSPS) is 10.6. The molecule has 0 heterocycles. The summed E-state index contributed by atoms with van der Waals surface area (Å²) in [7, 11) is 0. The summed E-state index contributed by atoms with van der Waals surface area (Å²) in [6, 6.07) is 7.54. The second kappa shape index (κ2) is 8.66. The number of hydrazone groups is 1. The summed E-state index contributed by atoms with van der Waals surface area (Å²) in [5.41, 5.74) is 9.53. The number of benzene rings is 1. The van der Waals surface area contributed by atoms with Crippen molar-refractivity contribution in [2.75, 3.05) is 30.5 Å². The van der Waals surface area contributed by atoms with Crippen LogP contribution in [-0.4, -0.2) is 37.0 Å². The Morgan fingerprint density at radius 1 is 1.42 bits per heavy atom. The van der Waals surface area contributed by atoms with Crippen LogP contribution >= 0.6 is 23.8 Å². The Morgan fingerprint density at radius 3 is 2.63 bits per heavy atom. The average molecular weight is 303 g/mol. The third-order valence-corrected chi connectivity index (χ3v) is 2.62. The Bertz CT molecular complexity index is 418. The molecule has 0 aliphatic carbocycles. The molecule has 0 aliphatic heterocycles. The highest BCUT2D eigenvalue weighted by Gasteiger charge is 2.04. The number of hydrogen-bond donors (Lipinski definition) is 2. The van der Waals surface area contributed by atoms with Gasteiger partial charge in [0.2, 0.25) is 0 Å². The van der Waals surface area contributed by atoms with Gasteiger partial charge in [-0.15, -0.1) is 11.6 Å². The molecule has 0 amide bonds. The van der Waals surface area contributed by atoms with Gasteiger partial charge in [-0.05, 0) is 29.9 Å². The van der Waals surface area contributed by atoms with Gasteiger partial charge < -0.3 is 10.6 Å². The molecule has 4 nitrogen and oxygen atoms in total. The zero-order chi connectivity index (χ0) is 14.1. The van der Waals surface area contributed by atoms with Crippen LogP contribution < -0.4 is 16.1 Å². The van der Waals surface area contributed by atoms with Crippen molar-refractivity contribution in [1.29, 1.82) is 0 Å². The molecule has 0 saturated heterocycles. The van der Waals surface area contributed by atoms with Gasteiger partial charge in [0, 0.05) is 24.7 Å². The van der Waals surface area contributed by atoms with Crippen molar-refractivity contribution in [3.63, 3.8) is 0 Å². The van der Waals surface area contributed by atoms with Gasteiger partial charge in [-0.25, -0.2) is 4.39 Å². The Hall–Kier alpha value is -1.40. The van der Waals surface area contributed by atoms with E-state index >= 15 is 0 Å². The fourth-order valence-corrected chi connectivity index (χ4v) is 1.77. The standard InChI is InChI=1S/C12H16ClFN4S/c13-5-7-18(8-6-14)11-3-1-10(2-4-11)9-16-17-12(15)19/h1-4,9H,5-8H2,(H3,15,17,19). The molecular formula is C12H16ClFN4S. The maximum atomic E-state index is 12.4. The fourth-order valence-electron chi connectivity index (χ4n) is 1.52. The predicted molar refractivity (Wildman–Crippen MR) is 82.9 cm³/mol. The molecule has 0 radical (unpaired) electrons. The first-order chi connectivity index (χ1) is 9.17. The lowest BCUT2D eigenvalue weighted by molar-refractivity contribution is 0.492. The number of rotatable bonds is 7. The Kier molecular flexibility index (Phi) is 7.14. The van der Waals surface area contributed by atoms with E-state index in [9.17, 15) is 4.39 Å². The van der Waals surface area contributed by atoms with Gasteiger partial charge in [-0.3, -0.25) is 5.43 Å². The molecule has 0 aliphatic rings. The molecule has 0 bridgehead atoms. The van der Waals surface area contributed by atoms with Crippen LogP contribution in [0.5, 0.6) is 0 Å². The van der Waals surface area contributed by atoms with E-state index in [4.69, 9.17) is 17.3 Å². The maximum absolute atomic E-state index is 12.4. The SMILES string of the molecule is NC(=S)NN=Cc1ccc(N(CCF)CCCl)cc1. The van der Waals surface area contributed by atoms with Gasteiger partial charge in [0.15, 0.2) is 5.11 Å². The number of hydrogen-bond acceptors (Lipinski definition) is 3. The van der Waals surface area contributed by atoms with Crippen molar-refractivity contribution in [2.24, 2.45) is 10.8 Å². The van der Waals surface area contributed by atoms with Gasteiger partial charge in [0.25, 0.3) is 0 Å². The number of nitrogens with two attached hydrogens (primary N) is 1. The number of halogens is 2. The van der Waals surface area contributed by atoms with Crippen molar-refractivity contribution in [2.45, 2.75) is 0 Å². The third-order valence-electron chi connectivity index (χ3n) is 2.36. The molecule has 104 valence electrons. The number of nitrogens with one attached hydrogen (secondary N) is 1. The minimum Gasteiger partial charge on any atom is -0.375 e. The molecule has 3 N–H and O–H groups in total. The van der Waals surface area contributed by atoms with Crippen LogP contribution in [0.3, 0.4) is 0 Å². The Balaban J connectivity index is 2.68. The summed E-state index contributed by atoms with van der Waals surface area (Å²) < 4.78 is 12.4. The van der Waals surface area contributed by atoms with Crippen molar-refractivity contribution >= 4 is 40.8 Å². The van der Waals surface area contributed by atoms with Crippen LogP contribution in [-0.2, 0) is 0 Å². The number of thiocarbonyl (C=S) groups is 1. The van der Waals surface area contributed by atoms with E-state index in [1.54, 1.807) is 6.21 Å². The molecule has 0 aromatic heterocycles. The smallest absolute Gasteiger partial charge is 0.184 e. The zero-order valence-corrected chi connectivity index (χ0v) is 11.9. The minimum absolute atomic E-state index is 0.115. The first-order valence-corrected chi connectivity index (χ1v) is 6.67. The molecule has 0 spiro atoms. The lowest BCUT2D eigenvalue weighted by atomic mass is 10.2. The second-order valence-corrected chi connectivity index (χ2v) is 4.51. The van der Waals surface area contributed by atoms with Crippen LogP contribution in [0, 0.1) is 0 Å². The van der Waals surface area contributed by atoms with Crippen molar-refractivity contribution in [1.82, 2.24) is 5.43 Å². The van der Waals surface area contributed by atoms with Crippen LogP contribution in [0.15, 0.2) is 29.4 Å². The van der Waals surface area contributed by atoms with Gasteiger partial charge in [-0.1, -0.05) is 12.1 Å². The minimum atomic E-state index is -0.405. The summed E-state index contributed by atoms with van der Waals surface area (Å²) in [6.45, 7) is 0.545. The van der Waals surface area contributed by atoms with Crippen molar-refractivity contribution < 1.29 is 4.39 Å². The van der Waals surface area contributed by atoms with Crippen molar-refractivity contribution in [3.05, 3.63) is 29.8 Å². The van der Waals surface area contributed by atoms with E-state index < -0.39 is 6.67 Å². The molecule has 0 atom stereocenters. The lowest BCUT2D eigenvalue weighted by Gasteiger charge is -2.22. The summed E-state index contributed by atoms with van der Waals surface area (Å²) in [4.78, 5) is 1.89. The van der Waals surface area contributed by atoms with Gasteiger partial charge in [0.1, 0.15) is 6.67 Å². The highest BCUT2D eigenvalue weighted by Crippen LogP contribution is 2.14. The van der Waals surface area contributed by atoms with E-state index in [0.29, 0.717) is 19.0 Å². The summed E-state index contributed by atoms with van der Waals surface area (Å²) in [6.07, 6.45) is 1.60. The molecular weight excluding hydrogens is 287 g/mol. The van der Waals surface area contributed by atoms with Gasteiger partial charge in [0.05, 0.1) is 6.21 Å². The topological polar surface area (TPSA) is 53.6 Å². The molecule has 7 heteroatoms. The maximum Gasteiger partial charge on any atom is 0.184 e. The van der Waals surface area contributed by atoms with E-state index in [1.807, 2.05) is 29.2 Å². The van der Waals surface area contributed by atoms with Crippen molar-refractivity contribution in [3.8, 4) is 0 Å². The number of nitrogens with zero attached hydrogens (tertiary/aromatic N) is 2. The summed E-state index contributed by atoms with van der Waals surface area (Å²) in [5, 5.41) is 3.97. The monoisotopic (exact) mass is 302 g/mol. The van der Waals surface area contributed by atoms with Crippen LogP contribution in [0.1, 0.15) is 5.56 Å². The molecule has 1 aromatic rings. The first kappa shape index (κ1) is 15.7. The summed E-state index contributed by atoms with van der Waals surface area (Å²) in [5.74, 6) is 0.459. The lowest BCUT2D eigenvalue weighted by Crippen LogP contribution is -2.27. The molecule has 1 rings (SSSR count). The van der Waals surface area contributed by atoms with E-state index in [2.05, 4.69) is 22.7 Å². The summed E-state index contributed by atoms with van der Waals surface area (Å²) >= 11 is 10.3. The molecule has 19 heavy (non-hydrogen) atoms. The van der Waals surface area contributed by atoms with E-state index in [-0.39, 0.29) is 5.11 Å². The molecule has 0 unspecified atom stereocenters. The Labute approximate surface area is 122 Å². The van der Waals surface area contributed by atoms with E-state index in [1.165, 1.54) is 0 Å². The quantitative estimate of drug-likeness (QED) is 0.349. The fraction of sp³-hybridized carbons (Fsp3) is 0.333. The zero-order valence-electron chi connectivity index (χ0n) is 10.4. The highest BCUT2D eigenvalue weighted by molar-refractivity contribution is 7.80. The van der Waals surface area contributed by atoms with Gasteiger partial charge in [-0.2, -0.15) is 5.10 Å². The van der Waals surface area contributed by atoms with Crippen LogP contribution in [0.25, 0.3) is 0 Å². The second-order valence-electron chi connectivity index (χ2n) is 3.69. The van der Waals surface area contributed by atoms with Gasteiger partial charge >= 0.3 is 0 Å². The number of alkyl halides is 2. The third kappa shape index (κ3) is 5.85.